The van der Waals surface area contributed by atoms with Crippen molar-refractivity contribution in [2.75, 3.05) is 13.1 Å². The molecule has 0 radical (unpaired) electrons. The molecule has 1 heterocycles. The van der Waals surface area contributed by atoms with Crippen LogP contribution in [0.3, 0.4) is 0 Å². The highest BCUT2D eigenvalue weighted by Gasteiger charge is 2.12. The van der Waals surface area contributed by atoms with Crippen LogP contribution in [0.4, 0.5) is 0 Å². The van der Waals surface area contributed by atoms with E-state index in [4.69, 9.17) is 0 Å². The molecule has 0 saturated carbocycles. The predicted molar refractivity (Wildman–Crippen MR) is 85.5 cm³/mol. The van der Waals surface area contributed by atoms with Crippen molar-refractivity contribution in [3.8, 4) is 0 Å². The molecule has 0 atom stereocenters. The number of benzene rings is 2. The first-order valence-corrected chi connectivity index (χ1v) is 7.30. The number of hydrogen-bond acceptors (Lipinski definition) is 2. The first-order chi connectivity index (χ1) is 10.2. The van der Waals surface area contributed by atoms with E-state index in [0.29, 0.717) is 0 Å². The summed E-state index contributed by atoms with van der Waals surface area (Å²) in [6.07, 6.45) is 4.38. The lowest BCUT2D eigenvalue weighted by Crippen LogP contribution is -2.19. The fourth-order valence-corrected chi connectivity index (χ4v) is 2.65. The Labute approximate surface area is 125 Å². The third-order valence-corrected chi connectivity index (χ3v) is 3.91. The van der Waals surface area contributed by atoms with Crippen LogP contribution in [-0.2, 0) is 6.54 Å². The van der Waals surface area contributed by atoms with Gasteiger partial charge in [-0.15, -0.1) is 0 Å². The summed E-state index contributed by atoms with van der Waals surface area (Å²) in [5.74, 6) is 0.0995. The van der Waals surface area contributed by atoms with E-state index in [1.807, 2.05) is 43.3 Å². The molecule has 2 aromatic rings. The van der Waals surface area contributed by atoms with Gasteiger partial charge in [0.05, 0.1) is 0 Å². The summed E-state index contributed by atoms with van der Waals surface area (Å²) < 4.78 is 0. The van der Waals surface area contributed by atoms with Gasteiger partial charge in [-0.05, 0) is 18.1 Å². The zero-order valence-corrected chi connectivity index (χ0v) is 12.3. The second kappa shape index (κ2) is 6.06. The van der Waals surface area contributed by atoms with Gasteiger partial charge in [-0.25, -0.2) is 0 Å². The van der Waals surface area contributed by atoms with E-state index in [0.717, 1.165) is 36.3 Å². The molecule has 0 saturated heterocycles. The van der Waals surface area contributed by atoms with Crippen LogP contribution in [0.2, 0.25) is 0 Å². The Kier molecular flexibility index (Phi) is 3.98. The largest absolute Gasteiger partial charge is 0.292 e. The summed E-state index contributed by atoms with van der Waals surface area (Å²) >= 11 is 0. The lowest BCUT2D eigenvalue weighted by molar-refractivity contribution is 0.103. The second-order valence-corrected chi connectivity index (χ2v) is 5.51. The molecule has 2 heteroatoms. The van der Waals surface area contributed by atoms with Crippen molar-refractivity contribution in [2.45, 2.75) is 13.5 Å². The first-order valence-electron chi connectivity index (χ1n) is 7.30. The summed E-state index contributed by atoms with van der Waals surface area (Å²) in [5, 5.41) is 0. The van der Waals surface area contributed by atoms with E-state index in [-0.39, 0.29) is 5.78 Å². The number of aryl methyl sites for hydroxylation is 1. The van der Waals surface area contributed by atoms with Crippen LogP contribution in [0.25, 0.3) is 0 Å². The van der Waals surface area contributed by atoms with Gasteiger partial charge in [-0.3, -0.25) is 9.69 Å². The van der Waals surface area contributed by atoms with Crippen molar-refractivity contribution in [1.29, 1.82) is 0 Å². The Morgan fingerprint density at radius 1 is 1.00 bits per heavy atom. The minimum Gasteiger partial charge on any atom is -0.292 e. The first kappa shape index (κ1) is 13.8. The van der Waals surface area contributed by atoms with Crippen molar-refractivity contribution < 1.29 is 4.79 Å². The molecule has 3 rings (SSSR count). The van der Waals surface area contributed by atoms with Crippen LogP contribution < -0.4 is 0 Å². The molecular weight excluding hydrogens is 258 g/mol. The highest BCUT2D eigenvalue weighted by molar-refractivity contribution is 6.09. The molecule has 0 bridgehead atoms. The Bertz CT molecular complexity index is 662. The fraction of sp³-hybridized carbons (Fsp3) is 0.211. The molecule has 21 heavy (non-hydrogen) atoms. The van der Waals surface area contributed by atoms with Gasteiger partial charge in [0, 0.05) is 30.8 Å². The molecule has 2 aromatic carbocycles. The smallest absolute Gasteiger partial charge is 0.193 e. The van der Waals surface area contributed by atoms with E-state index in [9.17, 15) is 4.79 Å². The van der Waals surface area contributed by atoms with Crippen molar-refractivity contribution in [2.24, 2.45) is 0 Å². The summed E-state index contributed by atoms with van der Waals surface area (Å²) in [7, 11) is 0. The molecule has 106 valence electrons. The average molecular weight is 277 g/mol. The van der Waals surface area contributed by atoms with Crippen molar-refractivity contribution in [3.05, 3.63) is 82.9 Å². The van der Waals surface area contributed by atoms with Crippen LogP contribution in [0.15, 0.2) is 60.7 Å². The van der Waals surface area contributed by atoms with E-state index in [1.165, 1.54) is 5.56 Å². The predicted octanol–water partition coefficient (Wildman–Crippen LogP) is 3.60. The quantitative estimate of drug-likeness (QED) is 0.628. The molecule has 1 aliphatic rings. The average Bonchev–Trinajstić information content (AvgIpc) is 3.01. The van der Waals surface area contributed by atoms with E-state index < -0.39 is 0 Å². The lowest BCUT2D eigenvalue weighted by Gasteiger charge is -2.14. The van der Waals surface area contributed by atoms with Gasteiger partial charge in [0.2, 0.25) is 0 Å². The van der Waals surface area contributed by atoms with Gasteiger partial charge in [0.15, 0.2) is 5.78 Å². The summed E-state index contributed by atoms with van der Waals surface area (Å²) in [4.78, 5) is 14.9. The third-order valence-electron chi connectivity index (χ3n) is 3.91. The maximum Gasteiger partial charge on any atom is 0.193 e. The maximum absolute atomic E-state index is 12.5. The Hall–Kier alpha value is -2.19. The van der Waals surface area contributed by atoms with Crippen LogP contribution in [0, 0.1) is 6.92 Å². The van der Waals surface area contributed by atoms with E-state index >= 15 is 0 Å². The number of ketones is 1. The van der Waals surface area contributed by atoms with Gasteiger partial charge in [-0.2, -0.15) is 0 Å². The summed E-state index contributed by atoms with van der Waals surface area (Å²) in [5.41, 5.74) is 3.82. The van der Waals surface area contributed by atoms with Crippen LogP contribution in [-0.4, -0.2) is 23.8 Å². The van der Waals surface area contributed by atoms with Crippen LogP contribution in [0.1, 0.15) is 27.0 Å². The monoisotopic (exact) mass is 277 g/mol. The highest BCUT2D eigenvalue weighted by atomic mass is 16.1. The minimum absolute atomic E-state index is 0.0995. The molecule has 2 nitrogen and oxygen atoms in total. The Balaban J connectivity index is 1.74. The molecule has 0 N–H and O–H groups in total. The number of hydrogen-bond donors (Lipinski definition) is 0. The molecule has 0 spiro atoms. The Morgan fingerprint density at radius 2 is 1.67 bits per heavy atom. The topological polar surface area (TPSA) is 20.3 Å². The summed E-state index contributed by atoms with van der Waals surface area (Å²) in [6.45, 7) is 4.95. The summed E-state index contributed by atoms with van der Waals surface area (Å²) in [6, 6.07) is 15.7. The van der Waals surface area contributed by atoms with Crippen LogP contribution >= 0.6 is 0 Å². The van der Waals surface area contributed by atoms with Gasteiger partial charge < -0.3 is 0 Å². The number of nitrogens with zero attached hydrogens (tertiary/aromatic N) is 1. The molecule has 0 aromatic heterocycles. The highest BCUT2D eigenvalue weighted by Crippen LogP contribution is 2.15. The van der Waals surface area contributed by atoms with E-state index in [1.54, 1.807) is 0 Å². The van der Waals surface area contributed by atoms with Crippen molar-refractivity contribution >= 4 is 5.78 Å². The van der Waals surface area contributed by atoms with E-state index in [2.05, 4.69) is 29.2 Å². The van der Waals surface area contributed by atoms with Crippen molar-refractivity contribution in [3.63, 3.8) is 0 Å². The van der Waals surface area contributed by atoms with Crippen molar-refractivity contribution in [1.82, 2.24) is 4.90 Å². The number of rotatable bonds is 4. The normalized spacial score (nSPS) is 14.5. The molecule has 0 fully saturated rings. The molecule has 0 aliphatic carbocycles. The van der Waals surface area contributed by atoms with Crippen LogP contribution in [0.5, 0.6) is 0 Å². The zero-order chi connectivity index (χ0) is 14.7. The standard InChI is InChI=1S/C19H19NO/c1-15-6-2-3-7-18(15)19(21)17-10-8-16(9-11-17)14-20-12-4-5-13-20/h2-11H,12-14H2,1H3. The molecule has 1 aliphatic heterocycles. The van der Waals surface area contributed by atoms with Gasteiger partial charge >= 0.3 is 0 Å². The van der Waals surface area contributed by atoms with Gasteiger partial charge in [-0.1, -0.05) is 60.7 Å². The minimum atomic E-state index is 0.0995. The van der Waals surface area contributed by atoms with Gasteiger partial charge in [0.25, 0.3) is 0 Å². The number of carbonyl (C=O) groups is 1. The van der Waals surface area contributed by atoms with Gasteiger partial charge in [0.1, 0.15) is 0 Å². The Morgan fingerprint density at radius 3 is 2.33 bits per heavy atom. The SMILES string of the molecule is Cc1ccccc1C(=O)c1ccc(CN2CC=CC2)cc1. The lowest BCUT2D eigenvalue weighted by atomic mass is 9.98. The maximum atomic E-state index is 12.5. The molecule has 0 unspecified atom stereocenters. The fourth-order valence-electron chi connectivity index (χ4n) is 2.65. The second-order valence-electron chi connectivity index (χ2n) is 5.51. The number of carbonyl (C=O) groups excluding carboxylic acids is 1. The molecule has 0 amide bonds. The molecular formula is C19H19NO. The third kappa shape index (κ3) is 3.11. The zero-order valence-electron chi connectivity index (χ0n) is 12.3.